The second-order valence-corrected chi connectivity index (χ2v) is 5.52. The third-order valence-electron chi connectivity index (χ3n) is 4.47. The van der Waals surface area contributed by atoms with Gasteiger partial charge < -0.3 is 20.8 Å². The quantitative estimate of drug-likeness (QED) is 0.697. The van der Waals surface area contributed by atoms with Crippen molar-refractivity contribution >= 4 is 17.3 Å². The van der Waals surface area contributed by atoms with Crippen LogP contribution in [0.5, 0.6) is 0 Å². The average Bonchev–Trinajstić information content (AvgIpc) is 2.92. The second-order valence-electron chi connectivity index (χ2n) is 5.52. The molecule has 1 aromatic carbocycles. The molecule has 5 nitrogen and oxygen atoms in total. The van der Waals surface area contributed by atoms with E-state index in [1.807, 2.05) is 6.07 Å². The molecule has 0 spiro atoms. The fourth-order valence-electron chi connectivity index (χ4n) is 3.45. The largest absolute Gasteiger partial charge is 0.478 e. The number of aromatic carboxylic acids is 1. The van der Waals surface area contributed by atoms with Crippen LogP contribution < -0.4 is 10.6 Å². The van der Waals surface area contributed by atoms with Gasteiger partial charge in [0.15, 0.2) is 0 Å². The number of para-hydroxylation sites is 1. The van der Waals surface area contributed by atoms with E-state index in [2.05, 4.69) is 4.90 Å². The van der Waals surface area contributed by atoms with Gasteiger partial charge in [0.25, 0.3) is 0 Å². The van der Waals surface area contributed by atoms with Crippen LogP contribution >= 0.6 is 0 Å². The number of hydrogen-bond acceptors (Lipinski definition) is 4. The zero-order chi connectivity index (χ0) is 13.6. The summed E-state index contributed by atoms with van der Waals surface area (Å²) in [5, 5.41) is 19.0. The van der Waals surface area contributed by atoms with E-state index in [-0.39, 0.29) is 11.7 Å². The van der Waals surface area contributed by atoms with Gasteiger partial charge in [-0.2, -0.15) is 0 Å². The molecule has 3 rings (SSSR count). The Morgan fingerprint density at radius 2 is 2.11 bits per heavy atom. The van der Waals surface area contributed by atoms with Crippen molar-refractivity contribution in [2.45, 2.75) is 18.9 Å². The smallest absolute Gasteiger partial charge is 0.337 e. The lowest BCUT2D eigenvalue weighted by molar-refractivity contribution is 0.0698. The normalized spacial score (nSPS) is 29.5. The maximum Gasteiger partial charge on any atom is 0.337 e. The number of hydrogen-bond donors (Lipinski definition) is 3. The lowest BCUT2D eigenvalue weighted by Crippen LogP contribution is -2.25. The van der Waals surface area contributed by atoms with Gasteiger partial charge in [0.2, 0.25) is 0 Å². The zero-order valence-electron chi connectivity index (χ0n) is 10.6. The first-order chi connectivity index (χ1) is 9.08. The van der Waals surface area contributed by atoms with Crippen LogP contribution in [-0.2, 0) is 0 Å². The number of anilines is 2. The fourth-order valence-corrected chi connectivity index (χ4v) is 3.45. The molecule has 19 heavy (non-hydrogen) atoms. The number of aliphatic hydroxyl groups is 1. The summed E-state index contributed by atoms with van der Waals surface area (Å²) < 4.78 is 0. The van der Waals surface area contributed by atoms with E-state index >= 15 is 0 Å². The minimum atomic E-state index is -1.00. The van der Waals surface area contributed by atoms with Crippen LogP contribution in [0.2, 0.25) is 0 Å². The Balaban J connectivity index is 1.88. The molecule has 0 amide bonds. The maximum atomic E-state index is 11.1. The van der Waals surface area contributed by atoms with Crippen molar-refractivity contribution in [1.29, 1.82) is 0 Å². The summed E-state index contributed by atoms with van der Waals surface area (Å²) in [7, 11) is 0. The Bertz CT molecular complexity index is 517. The number of fused-ring (bicyclic) bond motifs is 1. The van der Waals surface area contributed by atoms with Crippen molar-refractivity contribution in [2.75, 3.05) is 23.7 Å². The van der Waals surface area contributed by atoms with E-state index in [0.717, 1.165) is 31.6 Å². The molecule has 2 fully saturated rings. The molecule has 1 aliphatic carbocycles. The van der Waals surface area contributed by atoms with Crippen molar-refractivity contribution in [1.82, 2.24) is 0 Å². The number of rotatable bonds is 2. The Morgan fingerprint density at radius 1 is 1.32 bits per heavy atom. The number of carbonyl (C=O) groups is 1. The van der Waals surface area contributed by atoms with Crippen LogP contribution in [-0.4, -0.2) is 35.4 Å². The summed E-state index contributed by atoms with van der Waals surface area (Å²) in [6.07, 6.45) is 1.70. The number of nitrogens with two attached hydrogens (primary N) is 1. The Morgan fingerprint density at radius 3 is 2.79 bits per heavy atom. The van der Waals surface area contributed by atoms with Crippen molar-refractivity contribution in [3.8, 4) is 0 Å². The molecule has 0 aromatic heterocycles. The minimum Gasteiger partial charge on any atom is -0.478 e. The highest BCUT2D eigenvalue weighted by Gasteiger charge is 2.42. The molecule has 0 bridgehead atoms. The van der Waals surface area contributed by atoms with Gasteiger partial charge >= 0.3 is 5.97 Å². The number of carboxylic acids is 1. The van der Waals surface area contributed by atoms with Crippen LogP contribution in [0.4, 0.5) is 11.4 Å². The summed E-state index contributed by atoms with van der Waals surface area (Å²) in [4.78, 5) is 13.2. The fraction of sp³-hybridized carbons (Fsp3) is 0.500. The predicted molar refractivity (Wildman–Crippen MR) is 72.2 cm³/mol. The highest BCUT2D eigenvalue weighted by Crippen LogP contribution is 2.41. The summed E-state index contributed by atoms with van der Waals surface area (Å²) in [5.41, 5.74) is 7.22. The molecule has 3 unspecified atom stereocenters. The van der Waals surface area contributed by atoms with Crippen LogP contribution in [0.15, 0.2) is 18.2 Å². The van der Waals surface area contributed by atoms with Gasteiger partial charge in [0, 0.05) is 19.0 Å². The lowest BCUT2D eigenvalue weighted by atomic mass is 10.00. The van der Waals surface area contributed by atoms with E-state index in [1.54, 1.807) is 6.07 Å². The monoisotopic (exact) mass is 262 g/mol. The maximum absolute atomic E-state index is 11.1. The molecule has 1 aliphatic heterocycles. The van der Waals surface area contributed by atoms with Gasteiger partial charge in [0.1, 0.15) is 0 Å². The second kappa shape index (κ2) is 4.42. The SMILES string of the molecule is Nc1c(C(=O)O)cccc1N1CC2CCC(O)C2C1. The molecule has 1 saturated heterocycles. The number of nitrogens with zero attached hydrogens (tertiary/aromatic N) is 1. The number of benzene rings is 1. The van der Waals surface area contributed by atoms with Gasteiger partial charge in [-0.1, -0.05) is 6.07 Å². The standard InChI is InChI=1S/C14H18N2O3/c15-13-9(14(18)19)2-1-3-11(13)16-6-8-4-5-12(17)10(8)7-16/h1-3,8,10,12,17H,4-7,15H2,(H,18,19). The topological polar surface area (TPSA) is 86.8 Å². The van der Waals surface area contributed by atoms with Crippen molar-refractivity contribution in [3.63, 3.8) is 0 Å². The van der Waals surface area contributed by atoms with Crippen molar-refractivity contribution in [3.05, 3.63) is 23.8 Å². The number of nitrogen functional groups attached to an aromatic ring is 1. The Kier molecular flexibility index (Phi) is 2.86. The van der Waals surface area contributed by atoms with Gasteiger partial charge in [-0.15, -0.1) is 0 Å². The van der Waals surface area contributed by atoms with Crippen LogP contribution in [0.25, 0.3) is 0 Å². The highest BCUT2D eigenvalue weighted by molar-refractivity contribution is 5.97. The third-order valence-corrected chi connectivity index (χ3v) is 4.47. The van der Waals surface area contributed by atoms with E-state index in [9.17, 15) is 9.90 Å². The lowest BCUT2D eigenvalue weighted by Gasteiger charge is -2.22. The molecule has 102 valence electrons. The first-order valence-electron chi connectivity index (χ1n) is 6.62. The summed E-state index contributed by atoms with van der Waals surface area (Å²) in [6.45, 7) is 1.62. The number of aliphatic hydroxyl groups excluding tert-OH is 1. The highest BCUT2D eigenvalue weighted by atomic mass is 16.4. The average molecular weight is 262 g/mol. The van der Waals surface area contributed by atoms with E-state index in [1.165, 1.54) is 6.07 Å². The molecular formula is C14H18N2O3. The Hall–Kier alpha value is -1.75. The first kappa shape index (κ1) is 12.3. The van der Waals surface area contributed by atoms with Gasteiger partial charge in [-0.25, -0.2) is 4.79 Å². The Labute approximate surface area is 111 Å². The molecule has 2 aliphatic rings. The van der Waals surface area contributed by atoms with Crippen LogP contribution in [0, 0.1) is 11.8 Å². The molecule has 4 N–H and O–H groups in total. The molecule has 1 saturated carbocycles. The van der Waals surface area contributed by atoms with Gasteiger partial charge in [-0.3, -0.25) is 0 Å². The minimum absolute atomic E-state index is 0.148. The van der Waals surface area contributed by atoms with Gasteiger partial charge in [0.05, 0.1) is 23.0 Å². The van der Waals surface area contributed by atoms with E-state index in [4.69, 9.17) is 10.8 Å². The molecule has 1 heterocycles. The first-order valence-corrected chi connectivity index (χ1v) is 6.62. The van der Waals surface area contributed by atoms with Crippen LogP contribution in [0.1, 0.15) is 23.2 Å². The van der Waals surface area contributed by atoms with Crippen molar-refractivity contribution < 1.29 is 15.0 Å². The zero-order valence-corrected chi connectivity index (χ0v) is 10.6. The molecule has 1 aromatic rings. The molecule has 3 atom stereocenters. The van der Waals surface area contributed by atoms with Gasteiger partial charge in [-0.05, 0) is 30.9 Å². The van der Waals surface area contributed by atoms with Crippen molar-refractivity contribution in [2.24, 2.45) is 11.8 Å². The third kappa shape index (κ3) is 1.94. The summed E-state index contributed by atoms with van der Waals surface area (Å²) in [6, 6.07) is 5.10. The van der Waals surface area contributed by atoms with E-state index < -0.39 is 5.97 Å². The number of carboxylic acid groups (broad SMARTS) is 1. The predicted octanol–water partition coefficient (Wildman–Crippen LogP) is 1.17. The summed E-state index contributed by atoms with van der Waals surface area (Å²) >= 11 is 0. The molecule has 5 heteroatoms. The van der Waals surface area contributed by atoms with Crippen LogP contribution in [0.3, 0.4) is 0 Å². The molecular weight excluding hydrogens is 244 g/mol. The molecule has 0 radical (unpaired) electrons. The summed E-state index contributed by atoms with van der Waals surface area (Å²) in [5.74, 6) is -0.199. The van der Waals surface area contributed by atoms with E-state index in [0.29, 0.717) is 17.5 Å².